The fraction of sp³-hybridized carbons (Fsp3) is 0. The fourth-order valence-corrected chi connectivity index (χ4v) is 1.53. The van der Waals surface area contributed by atoms with Crippen LogP contribution in [0.5, 0.6) is 0 Å². The van der Waals surface area contributed by atoms with Gasteiger partial charge >= 0.3 is 0 Å². The van der Waals surface area contributed by atoms with Crippen LogP contribution in [0.4, 0.5) is 4.39 Å². The first-order valence-electron chi connectivity index (χ1n) is 3.63. The molecule has 2 rings (SSSR count). The van der Waals surface area contributed by atoms with Crippen LogP contribution in [0.3, 0.4) is 0 Å². The van der Waals surface area contributed by atoms with Gasteiger partial charge in [0.05, 0.1) is 10.5 Å². The van der Waals surface area contributed by atoms with E-state index in [0.29, 0.717) is 22.8 Å². The van der Waals surface area contributed by atoms with Crippen LogP contribution in [0, 0.1) is 5.82 Å². The maximum absolute atomic E-state index is 12.9. The van der Waals surface area contributed by atoms with Crippen molar-refractivity contribution >= 4 is 28.8 Å². The maximum atomic E-state index is 12.9. The number of halogens is 2. The zero-order valence-electron chi connectivity index (χ0n) is 6.47. The van der Waals surface area contributed by atoms with Crippen molar-refractivity contribution in [2.75, 3.05) is 0 Å². The van der Waals surface area contributed by atoms with Crippen molar-refractivity contribution in [1.29, 1.82) is 0 Å². The average Bonchev–Trinajstić information content (AvgIpc) is 2.47. The summed E-state index contributed by atoms with van der Waals surface area (Å²) in [4.78, 5) is 13.3. The van der Waals surface area contributed by atoms with Crippen molar-refractivity contribution < 1.29 is 9.18 Å². The number of benzene rings is 1. The molecule has 0 saturated carbocycles. The smallest absolute Gasteiger partial charge is 0.152 e. The Morgan fingerprint density at radius 2 is 2.23 bits per heavy atom. The Balaban J connectivity index is 2.89. The minimum atomic E-state index is -0.444. The maximum Gasteiger partial charge on any atom is 0.152 e. The van der Waals surface area contributed by atoms with E-state index in [9.17, 15) is 9.18 Å². The number of fused-ring (bicyclic) bond motifs is 1. The number of aromatic nitrogens is 1. The average molecular weight is 198 g/mol. The molecule has 1 N–H and O–H groups in total. The van der Waals surface area contributed by atoms with Crippen molar-refractivity contribution in [1.82, 2.24) is 4.98 Å². The summed E-state index contributed by atoms with van der Waals surface area (Å²) in [6, 6.07) is 2.48. The normalized spacial score (nSPS) is 10.6. The monoisotopic (exact) mass is 197 g/mol. The second-order valence-corrected chi connectivity index (χ2v) is 3.08. The summed E-state index contributed by atoms with van der Waals surface area (Å²) in [6.07, 6.45) is 2.16. The molecule has 0 aliphatic carbocycles. The number of hydrogen-bond acceptors (Lipinski definition) is 1. The van der Waals surface area contributed by atoms with Crippen molar-refractivity contribution in [2.45, 2.75) is 0 Å². The largest absolute Gasteiger partial charge is 0.359 e. The highest BCUT2D eigenvalue weighted by Crippen LogP contribution is 2.25. The lowest BCUT2D eigenvalue weighted by Gasteiger charge is -1.94. The van der Waals surface area contributed by atoms with Crippen molar-refractivity contribution in [2.24, 2.45) is 0 Å². The fourth-order valence-electron chi connectivity index (χ4n) is 1.27. The van der Waals surface area contributed by atoms with E-state index in [4.69, 9.17) is 11.6 Å². The number of H-pyrrole nitrogens is 1. The van der Waals surface area contributed by atoms with Crippen LogP contribution in [-0.4, -0.2) is 11.3 Å². The van der Waals surface area contributed by atoms with Gasteiger partial charge in [0.15, 0.2) is 6.29 Å². The predicted octanol–water partition coefficient (Wildman–Crippen LogP) is 2.77. The molecular formula is C9H5ClFNO. The first-order chi connectivity index (χ1) is 6.22. The Labute approximate surface area is 78.3 Å². The van der Waals surface area contributed by atoms with E-state index in [1.807, 2.05) is 0 Å². The van der Waals surface area contributed by atoms with Gasteiger partial charge in [-0.25, -0.2) is 4.39 Å². The Hall–Kier alpha value is -1.35. The van der Waals surface area contributed by atoms with Crippen molar-refractivity contribution in [3.05, 3.63) is 34.7 Å². The molecule has 0 radical (unpaired) electrons. The Morgan fingerprint density at radius 1 is 1.46 bits per heavy atom. The molecule has 0 unspecified atom stereocenters. The number of aromatic amines is 1. The highest BCUT2D eigenvalue weighted by atomic mass is 35.5. The quantitative estimate of drug-likeness (QED) is 0.701. The van der Waals surface area contributed by atoms with Gasteiger partial charge in [0, 0.05) is 17.1 Å². The molecule has 1 aromatic carbocycles. The molecule has 0 aliphatic rings. The Morgan fingerprint density at radius 3 is 2.92 bits per heavy atom. The van der Waals surface area contributed by atoms with Crippen LogP contribution in [0.1, 0.15) is 10.4 Å². The van der Waals surface area contributed by atoms with E-state index in [1.165, 1.54) is 18.3 Å². The van der Waals surface area contributed by atoms with Crippen molar-refractivity contribution in [3.8, 4) is 0 Å². The highest BCUT2D eigenvalue weighted by molar-refractivity contribution is 6.35. The second-order valence-electron chi connectivity index (χ2n) is 2.67. The summed E-state index contributed by atoms with van der Waals surface area (Å²) in [7, 11) is 0. The van der Waals surface area contributed by atoms with Crippen LogP contribution in [0.25, 0.3) is 10.9 Å². The lowest BCUT2D eigenvalue weighted by atomic mass is 10.2. The minimum absolute atomic E-state index is 0.281. The predicted molar refractivity (Wildman–Crippen MR) is 48.7 cm³/mol. The summed E-state index contributed by atoms with van der Waals surface area (Å²) in [5.74, 6) is -0.444. The molecule has 66 valence electrons. The molecule has 13 heavy (non-hydrogen) atoms. The molecule has 2 nitrogen and oxygen atoms in total. The molecule has 0 spiro atoms. The third-order valence-electron chi connectivity index (χ3n) is 1.86. The number of hydrogen-bond donors (Lipinski definition) is 1. The molecule has 0 fully saturated rings. The molecule has 0 bridgehead atoms. The molecule has 0 amide bonds. The van der Waals surface area contributed by atoms with Gasteiger partial charge in [-0.2, -0.15) is 0 Å². The molecule has 0 aliphatic heterocycles. The van der Waals surface area contributed by atoms with Gasteiger partial charge in [-0.05, 0) is 12.1 Å². The van der Waals surface area contributed by atoms with Crippen LogP contribution in [-0.2, 0) is 0 Å². The second kappa shape index (κ2) is 2.85. The topological polar surface area (TPSA) is 32.9 Å². The molecule has 2 aromatic rings. The SMILES string of the molecule is O=Cc1c[nH]c2c(Cl)cc(F)cc12. The van der Waals surface area contributed by atoms with Crippen molar-refractivity contribution in [3.63, 3.8) is 0 Å². The molecule has 0 saturated heterocycles. The van der Waals surface area contributed by atoms with E-state index >= 15 is 0 Å². The van der Waals surface area contributed by atoms with E-state index in [-0.39, 0.29) is 5.02 Å². The number of nitrogens with one attached hydrogen (secondary N) is 1. The van der Waals surface area contributed by atoms with Gasteiger partial charge in [-0.3, -0.25) is 4.79 Å². The van der Waals surface area contributed by atoms with Crippen LogP contribution >= 0.6 is 11.6 Å². The third-order valence-corrected chi connectivity index (χ3v) is 2.16. The first-order valence-corrected chi connectivity index (χ1v) is 4.01. The zero-order valence-corrected chi connectivity index (χ0v) is 7.23. The standard InChI is InChI=1S/C9H5ClFNO/c10-8-2-6(11)1-7-5(4-13)3-12-9(7)8/h1-4,12H. The van der Waals surface area contributed by atoms with E-state index in [2.05, 4.69) is 4.98 Å². The number of aldehydes is 1. The summed E-state index contributed by atoms with van der Waals surface area (Å²) in [6.45, 7) is 0. The van der Waals surface area contributed by atoms with Crippen LogP contribution < -0.4 is 0 Å². The summed E-state index contributed by atoms with van der Waals surface area (Å²) in [5, 5.41) is 0.795. The van der Waals surface area contributed by atoms with E-state index in [1.54, 1.807) is 0 Å². The minimum Gasteiger partial charge on any atom is -0.359 e. The molecular weight excluding hydrogens is 193 g/mol. The lowest BCUT2D eigenvalue weighted by Crippen LogP contribution is -1.78. The van der Waals surface area contributed by atoms with Crippen LogP contribution in [0.2, 0.25) is 5.02 Å². The summed E-state index contributed by atoms with van der Waals surface area (Å²) in [5.41, 5.74) is 1.00. The zero-order chi connectivity index (χ0) is 9.42. The Bertz CT molecular complexity index is 478. The lowest BCUT2D eigenvalue weighted by molar-refractivity contribution is 0.112. The summed E-state index contributed by atoms with van der Waals surface area (Å²) >= 11 is 5.75. The molecule has 4 heteroatoms. The highest BCUT2D eigenvalue weighted by Gasteiger charge is 2.07. The van der Waals surface area contributed by atoms with Crippen LogP contribution in [0.15, 0.2) is 18.3 Å². The number of carbonyl (C=O) groups excluding carboxylic acids is 1. The Kier molecular flexibility index (Phi) is 1.81. The van der Waals surface area contributed by atoms with Gasteiger partial charge in [0.2, 0.25) is 0 Å². The van der Waals surface area contributed by atoms with Gasteiger partial charge < -0.3 is 4.98 Å². The number of carbonyl (C=O) groups is 1. The van der Waals surface area contributed by atoms with E-state index in [0.717, 1.165) is 0 Å². The molecule has 0 atom stereocenters. The van der Waals surface area contributed by atoms with Gasteiger partial charge in [0.25, 0.3) is 0 Å². The molecule has 1 aromatic heterocycles. The number of rotatable bonds is 1. The van der Waals surface area contributed by atoms with Gasteiger partial charge in [-0.1, -0.05) is 11.6 Å². The third kappa shape index (κ3) is 1.21. The first kappa shape index (κ1) is 8.26. The van der Waals surface area contributed by atoms with Gasteiger partial charge in [0.1, 0.15) is 5.82 Å². The van der Waals surface area contributed by atoms with Gasteiger partial charge in [-0.15, -0.1) is 0 Å². The summed E-state index contributed by atoms with van der Waals surface area (Å²) < 4.78 is 12.9. The molecule has 1 heterocycles. The van der Waals surface area contributed by atoms with E-state index < -0.39 is 5.82 Å².